The highest BCUT2D eigenvalue weighted by atomic mass is 79.9. The number of rotatable bonds is 6. The molecule has 1 saturated heterocycles. The molecule has 3 aliphatic rings. The van der Waals surface area contributed by atoms with Crippen molar-refractivity contribution in [3.8, 4) is 0 Å². The zero-order valence-corrected chi connectivity index (χ0v) is 23.9. The van der Waals surface area contributed by atoms with Crippen LogP contribution in [0.1, 0.15) is 40.2 Å². The summed E-state index contributed by atoms with van der Waals surface area (Å²) in [5.74, 6) is -1.71. The van der Waals surface area contributed by atoms with Gasteiger partial charge in [0.05, 0.1) is 28.1 Å². The van der Waals surface area contributed by atoms with Gasteiger partial charge in [0.1, 0.15) is 0 Å². The quantitative estimate of drug-likeness (QED) is 0.264. The van der Waals surface area contributed by atoms with Crippen LogP contribution in [-0.4, -0.2) is 30.3 Å². The van der Waals surface area contributed by atoms with Crippen LogP contribution in [0.15, 0.2) is 71.2 Å². The van der Waals surface area contributed by atoms with Crippen LogP contribution >= 0.6 is 27.5 Å². The molecule has 3 aromatic rings. The van der Waals surface area contributed by atoms with Crippen molar-refractivity contribution in [3.05, 3.63) is 92.9 Å². The first kappa shape index (κ1) is 26.7. The van der Waals surface area contributed by atoms with Gasteiger partial charge >= 0.3 is 5.97 Å². The fourth-order valence-electron chi connectivity index (χ4n) is 6.75. The summed E-state index contributed by atoms with van der Waals surface area (Å²) in [7, 11) is 0. The molecule has 0 radical (unpaired) electrons. The highest BCUT2D eigenvalue weighted by molar-refractivity contribution is 9.10. The molecule has 3 aromatic carbocycles. The van der Waals surface area contributed by atoms with Gasteiger partial charge in [0.15, 0.2) is 6.61 Å². The van der Waals surface area contributed by atoms with Crippen molar-refractivity contribution in [1.29, 1.82) is 0 Å². The molecule has 3 fully saturated rings. The second kappa shape index (κ2) is 10.5. The number of hydrogen-bond donors (Lipinski definition) is 1. The number of benzene rings is 3. The lowest BCUT2D eigenvalue weighted by atomic mass is 9.73. The molecule has 1 aliphatic heterocycles. The average molecular weight is 622 g/mol. The fraction of sp³-hybridized carbons (Fsp3) is 0.290. The van der Waals surface area contributed by atoms with E-state index in [-0.39, 0.29) is 47.0 Å². The number of amides is 3. The van der Waals surface area contributed by atoms with E-state index in [9.17, 15) is 19.2 Å². The van der Waals surface area contributed by atoms with Crippen molar-refractivity contribution in [2.24, 2.45) is 23.7 Å². The molecule has 0 spiro atoms. The summed E-state index contributed by atoms with van der Waals surface area (Å²) in [5.41, 5.74) is 3.02. The first-order valence-corrected chi connectivity index (χ1v) is 14.4. The monoisotopic (exact) mass is 620 g/mol. The Morgan fingerprint density at radius 1 is 1.00 bits per heavy atom. The van der Waals surface area contributed by atoms with Crippen molar-refractivity contribution in [2.45, 2.75) is 25.7 Å². The molecule has 9 heteroatoms. The summed E-state index contributed by atoms with van der Waals surface area (Å²) < 4.78 is 5.93. The number of halogens is 2. The van der Waals surface area contributed by atoms with E-state index in [2.05, 4.69) is 33.4 Å². The van der Waals surface area contributed by atoms with Gasteiger partial charge in [-0.15, -0.1) is 0 Å². The Kier molecular flexibility index (Phi) is 7.00. The number of esters is 1. The molecular weight excluding hydrogens is 596 g/mol. The van der Waals surface area contributed by atoms with E-state index in [1.165, 1.54) is 22.6 Å². The van der Waals surface area contributed by atoms with Crippen molar-refractivity contribution in [1.82, 2.24) is 0 Å². The summed E-state index contributed by atoms with van der Waals surface area (Å²) in [6, 6.07) is 19.9. The van der Waals surface area contributed by atoms with E-state index in [1.54, 1.807) is 24.3 Å². The molecule has 204 valence electrons. The van der Waals surface area contributed by atoms with E-state index in [1.807, 2.05) is 25.1 Å². The fourth-order valence-corrected chi connectivity index (χ4v) is 7.37. The lowest BCUT2D eigenvalue weighted by Gasteiger charge is -2.28. The molecule has 1 N–H and O–H groups in total. The van der Waals surface area contributed by atoms with Crippen LogP contribution in [-0.2, 0) is 19.1 Å². The van der Waals surface area contributed by atoms with Gasteiger partial charge in [0.25, 0.3) is 5.91 Å². The minimum Gasteiger partial charge on any atom is -0.452 e. The van der Waals surface area contributed by atoms with Gasteiger partial charge in [-0.1, -0.05) is 48.0 Å². The van der Waals surface area contributed by atoms with Crippen LogP contribution in [0.5, 0.6) is 0 Å². The highest BCUT2D eigenvalue weighted by Crippen LogP contribution is 2.61. The minimum absolute atomic E-state index is 0.134. The van der Waals surface area contributed by atoms with Gasteiger partial charge in [0.2, 0.25) is 11.8 Å². The molecule has 2 bridgehead atoms. The van der Waals surface area contributed by atoms with E-state index in [4.69, 9.17) is 16.3 Å². The van der Waals surface area contributed by atoms with E-state index in [0.29, 0.717) is 20.9 Å². The maximum Gasteiger partial charge on any atom is 0.338 e. The van der Waals surface area contributed by atoms with Crippen LogP contribution in [0, 0.1) is 30.6 Å². The predicted octanol–water partition coefficient (Wildman–Crippen LogP) is 6.14. The van der Waals surface area contributed by atoms with Gasteiger partial charge in [-0.2, -0.15) is 0 Å². The molecule has 40 heavy (non-hydrogen) atoms. The Balaban J connectivity index is 1.13. The number of carbonyl (C=O) groups is 4. The molecule has 2 aliphatic carbocycles. The van der Waals surface area contributed by atoms with Crippen LogP contribution in [0.4, 0.5) is 11.4 Å². The summed E-state index contributed by atoms with van der Waals surface area (Å²) in [6.45, 7) is 1.31. The van der Waals surface area contributed by atoms with Gasteiger partial charge < -0.3 is 10.1 Å². The Bertz CT molecular complexity index is 1540. The van der Waals surface area contributed by atoms with Gasteiger partial charge in [-0.05, 0) is 94.9 Å². The van der Waals surface area contributed by atoms with E-state index < -0.39 is 18.5 Å². The van der Waals surface area contributed by atoms with Gasteiger partial charge in [-0.25, -0.2) is 4.79 Å². The maximum absolute atomic E-state index is 13.6. The third-order valence-electron chi connectivity index (χ3n) is 8.46. The summed E-state index contributed by atoms with van der Waals surface area (Å²) in [5, 5.41) is 3.12. The van der Waals surface area contributed by atoms with Gasteiger partial charge in [-0.3, -0.25) is 19.3 Å². The number of nitrogens with one attached hydrogen (secondary N) is 1. The molecule has 0 unspecified atom stereocenters. The predicted molar refractivity (Wildman–Crippen MR) is 154 cm³/mol. The Labute approximate surface area is 245 Å². The molecule has 6 rings (SSSR count). The zero-order chi connectivity index (χ0) is 28.1. The normalized spacial score (nSPS) is 24.8. The smallest absolute Gasteiger partial charge is 0.338 e. The van der Waals surface area contributed by atoms with E-state index >= 15 is 0 Å². The molecule has 1 heterocycles. The number of fused-ring (bicyclic) bond motifs is 5. The maximum atomic E-state index is 13.6. The van der Waals surface area contributed by atoms with Crippen LogP contribution < -0.4 is 10.2 Å². The molecule has 3 amide bonds. The van der Waals surface area contributed by atoms with Crippen LogP contribution in [0.3, 0.4) is 0 Å². The van der Waals surface area contributed by atoms with Gasteiger partial charge in [0, 0.05) is 10.2 Å². The first-order chi connectivity index (χ1) is 19.2. The second-order valence-electron chi connectivity index (χ2n) is 10.7. The molecule has 5 atom stereocenters. The SMILES string of the molecule is Cc1cc(Br)c(Cl)cc1NC(=O)COC(=O)c1cccc(N2C(=O)[C@@H]3[C@@H]4C[C@@H]([C@@H]3C2=O)[C@H](c2ccccc2)C4)c1. The van der Waals surface area contributed by atoms with Crippen molar-refractivity contribution in [2.75, 3.05) is 16.8 Å². The molecular formula is C31H26BrClN2O5. The number of hydrogen-bond acceptors (Lipinski definition) is 5. The lowest BCUT2D eigenvalue weighted by Crippen LogP contribution is -2.33. The third-order valence-corrected chi connectivity index (χ3v) is 9.66. The standard InChI is InChI=1S/C31H26BrClN2O5/c1-16-10-23(32)24(33)14-25(16)34-26(36)15-40-31(39)18-8-5-9-20(11-18)35-29(37)27-19-12-21(17-6-3-2-4-7-17)22(13-19)28(27)30(35)38/h2-11,14,19,21-22,27-28H,12-13,15H2,1H3,(H,34,36)/t19-,21-,22+,27+,28-/m0/s1. The van der Waals surface area contributed by atoms with E-state index in [0.717, 1.165) is 18.4 Å². The number of anilines is 2. The number of ether oxygens (including phenoxy) is 1. The van der Waals surface area contributed by atoms with Crippen LogP contribution in [0.25, 0.3) is 0 Å². The average Bonchev–Trinajstić information content (AvgIpc) is 3.62. The van der Waals surface area contributed by atoms with Crippen molar-refractivity contribution >= 4 is 62.6 Å². The summed E-state index contributed by atoms with van der Waals surface area (Å²) >= 11 is 9.45. The first-order valence-electron chi connectivity index (χ1n) is 13.2. The number of carbonyl (C=O) groups excluding carboxylic acids is 4. The molecule has 0 aromatic heterocycles. The molecule has 7 nitrogen and oxygen atoms in total. The number of nitrogens with zero attached hydrogens (tertiary/aromatic N) is 1. The molecule has 2 saturated carbocycles. The topological polar surface area (TPSA) is 92.8 Å². The second-order valence-corrected chi connectivity index (χ2v) is 12.0. The lowest BCUT2D eigenvalue weighted by molar-refractivity contribution is -0.123. The Morgan fingerprint density at radius 2 is 1.75 bits per heavy atom. The number of aryl methyl sites for hydroxylation is 1. The third kappa shape index (κ3) is 4.63. The van der Waals surface area contributed by atoms with Crippen molar-refractivity contribution in [3.63, 3.8) is 0 Å². The summed E-state index contributed by atoms with van der Waals surface area (Å²) in [4.78, 5) is 53.6. The largest absolute Gasteiger partial charge is 0.452 e. The Hall–Kier alpha value is -3.49. The van der Waals surface area contributed by atoms with Crippen molar-refractivity contribution < 1.29 is 23.9 Å². The number of imide groups is 1. The zero-order valence-electron chi connectivity index (χ0n) is 21.6. The summed E-state index contributed by atoms with van der Waals surface area (Å²) in [6.07, 6.45) is 1.80. The Morgan fingerprint density at radius 3 is 2.52 bits per heavy atom. The minimum atomic E-state index is -0.730. The van der Waals surface area contributed by atoms with Crippen LogP contribution in [0.2, 0.25) is 5.02 Å². The highest BCUT2D eigenvalue weighted by Gasteiger charge is 2.64.